The molecule has 2 aromatic rings. The molecule has 0 fully saturated rings. The van der Waals surface area contributed by atoms with Crippen molar-refractivity contribution < 1.29 is 9.53 Å². The van der Waals surface area contributed by atoms with Gasteiger partial charge in [0, 0.05) is 15.7 Å². The number of hydrogen-bond donors (Lipinski definition) is 1. The molecule has 0 aliphatic carbocycles. The Bertz CT molecular complexity index is 668. The molecule has 0 atom stereocenters. The molecule has 21 heavy (non-hydrogen) atoms. The minimum Gasteiger partial charge on any atom is -0.494 e. The molecule has 0 aromatic heterocycles. The van der Waals surface area contributed by atoms with E-state index in [1.54, 1.807) is 0 Å². The number of ether oxygens (including phenoxy) is 1. The molecule has 0 saturated carbocycles. The molecular weight excluding hydrogens is 330 g/mol. The van der Waals surface area contributed by atoms with E-state index in [0.29, 0.717) is 12.2 Å². The van der Waals surface area contributed by atoms with Crippen LogP contribution < -0.4 is 10.1 Å². The number of nitrogens with one attached hydrogen (secondary N) is 1. The number of amides is 1. The second-order valence-electron chi connectivity index (χ2n) is 4.83. The molecular formula is C17H18BrNO2. The number of anilines is 1. The van der Waals surface area contributed by atoms with E-state index in [4.69, 9.17) is 4.74 Å². The molecule has 110 valence electrons. The molecule has 0 bridgehead atoms. The van der Waals surface area contributed by atoms with E-state index in [-0.39, 0.29) is 5.91 Å². The number of hydrogen-bond acceptors (Lipinski definition) is 2. The van der Waals surface area contributed by atoms with Crippen LogP contribution in [0, 0.1) is 13.8 Å². The Morgan fingerprint density at radius 3 is 2.52 bits per heavy atom. The summed E-state index contributed by atoms with van der Waals surface area (Å²) in [6.45, 7) is 6.51. The molecule has 2 aromatic carbocycles. The molecule has 2 rings (SSSR count). The van der Waals surface area contributed by atoms with Gasteiger partial charge in [-0.05, 0) is 62.2 Å². The van der Waals surface area contributed by atoms with Crippen LogP contribution in [0.2, 0.25) is 0 Å². The number of rotatable bonds is 4. The lowest BCUT2D eigenvalue weighted by atomic mass is 10.1. The van der Waals surface area contributed by atoms with E-state index in [1.165, 1.54) is 0 Å². The fraction of sp³-hybridized carbons (Fsp3) is 0.235. The van der Waals surface area contributed by atoms with Crippen LogP contribution in [0.1, 0.15) is 28.4 Å². The second kappa shape index (κ2) is 6.76. The van der Waals surface area contributed by atoms with E-state index in [2.05, 4.69) is 21.2 Å². The van der Waals surface area contributed by atoms with Crippen LogP contribution in [-0.4, -0.2) is 12.5 Å². The summed E-state index contributed by atoms with van der Waals surface area (Å²) < 4.78 is 6.37. The SMILES string of the molecule is CCOc1ccc(NC(=O)c2ccc(C)c(Br)c2)c(C)c1. The largest absolute Gasteiger partial charge is 0.494 e. The van der Waals surface area contributed by atoms with Crippen molar-refractivity contribution >= 4 is 27.5 Å². The standard InChI is InChI=1S/C17H18BrNO2/c1-4-21-14-7-8-16(12(3)9-14)19-17(20)13-6-5-11(2)15(18)10-13/h5-10H,4H2,1-3H3,(H,19,20). The van der Waals surface area contributed by atoms with Crippen LogP contribution in [0.3, 0.4) is 0 Å². The van der Waals surface area contributed by atoms with Crippen molar-refractivity contribution in [1.29, 1.82) is 0 Å². The average Bonchev–Trinajstić information content (AvgIpc) is 2.45. The highest BCUT2D eigenvalue weighted by Crippen LogP contribution is 2.23. The van der Waals surface area contributed by atoms with E-state index in [1.807, 2.05) is 57.2 Å². The van der Waals surface area contributed by atoms with Gasteiger partial charge in [0.05, 0.1) is 6.61 Å². The third-order valence-corrected chi connectivity index (χ3v) is 4.05. The van der Waals surface area contributed by atoms with Crippen molar-refractivity contribution in [1.82, 2.24) is 0 Å². The molecule has 3 nitrogen and oxygen atoms in total. The van der Waals surface area contributed by atoms with Gasteiger partial charge in [0.1, 0.15) is 5.75 Å². The number of benzene rings is 2. The van der Waals surface area contributed by atoms with Gasteiger partial charge in [0.25, 0.3) is 5.91 Å². The van der Waals surface area contributed by atoms with Crippen molar-refractivity contribution in [2.75, 3.05) is 11.9 Å². The molecule has 0 radical (unpaired) electrons. The summed E-state index contributed by atoms with van der Waals surface area (Å²) in [6.07, 6.45) is 0. The lowest BCUT2D eigenvalue weighted by molar-refractivity contribution is 0.102. The zero-order chi connectivity index (χ0) is 15.4. The van der Waals surface area contributed by atoms with E-state index >= 15 is 0 Å². The molecule has 1 N–H and O–H groups in total. The molecule has 1 amide bonds. The highest BCUT2D eigenvalue weighted by Gasteiger charge is 2.09. The fourth-order valence-electron chi connectivity index (χ4n) is 1.96. The predicted octanol–water partition coefficient (Wildman–Crippen LogP) is 4.72. The molecule has 0 aliphatic rings. The number of carbonyl (C=O) groups is 1. The minimum absolute atomic E-state index is 0.122. The quantitative estimate of drug-likeness (QED) is 0.868. The highest BCUT2D eigenvalue weighted by molar-refractivity contribution is 9.10. The normalized spacial score (nSPS) is 10.3. The Balaban J connectivity index is 2.17. The smallest absolute Gasteiger partial charge is 0.255 e. The first-order valence-corrected chi connectivity index (χ1v) is 7.61. The Morgan fingerprint density at radius 2 is 1.90 bits per heavy atom. The summed E-state index contributed by atoms with van der Waals surface area (Å²) in [5.41, 5.74) is 3.49. The molecule has 0 spiro atoms. The summed E-state index contributed by atoms with van der Waals surface area (Å²) in [5, 5.41) is 2.93. The average molecular weight is 348 g/mol. The van der Waals surface area contributed by atoms with Gasteiger partial charge in [-0.2, -0.15) is 0 Å². The monoisotopic (exact) mass is 347 g/mol. The minimum atomic E-state index is -0.122. The van der Waals surface area contributed by atoms with Crippen LogP contribution in [-0.2, 0) is 0 Å². The number of carbonyl (C=O) groups excluding carboxylic acids is 1. The van der Waals surface area contributed by atoms with Crippen LogP contribution in [0.25, 0.3) is 0 Å². The van der Waals surface area contributed by atoms with Crippen molar-refractivity contribution in [3.63, 3.8) is 0 Å². The van der Waals surface area contributed by atoms with Gasteiger partial charge in [-0.1, -0.05) is 22.0 Å². The first kappa shape index (κ1) is 15.6. The summed E-state index contributed by atoms with van der Waals surface area (Å²) in [7, 11) is 0. The number of halogens is 1. The van der Waals surface area contributed by atoms with Crippen molar-refractivity contribution in [2.45, 2.75) is 20.8 Å². The Kier molecular flexibility index (Phi) is 5.02. The highest BCUT2D eigenvalue weighted by atomic mass is 79.9. The summed E-state index contributed by atoms with van der Waals surface area (Å²) >= 11 is 3.44. The topological polar surface area (TPSA) is 38.3 Å². The van der Waals surface area contributed by atoms with Crippen molar-refractivity contribution in [3.05, 3.63) is 57.6 Å². The second-order valence-corrected chi connectivity index (χ2v) is 5.68. The van der Waals surface area contributed by atoms with Gasteiger partial charge in [0.2, 0.25) is 0 Å². The Labute approximate surface area is 133 Å². The maximum absolute atomic E-state index is 12.3. The van der Waals surface area contributed by atoms with E-state index < -0.39 is 0 Å². The van der Waals surface area contributed by atoms with Gasteiger partial charge < -0.3 is 10.1 Å². The molecule has 0 saturated heterocycles. The zero-order valence-corrected chi connectivity index (χ0v) is 14.0. The van der Waals surface area contributed by atoms with Crippen LogP contribution in [0.15, 0.2) is 40.9 Å². The maximum atomic E-state index is 12.3. The summed E-state index contributed by atoms with van der Waals surface area (Å²) in [4.78, 5) is 12.3. The lowest BCUT2D eigenvalue weighted by Gasteiger charge is -2.11. The summed E-state index contributed by atoms with van der Waals surface area (Å²) in [6, 6.07) is 11.2. The van der Waals surface area contributed by atoms with Crippen LogP contribution >= 0.6 is 15.9 Å². The van der Waals surface area contributed by atoms with Gasteiger partial charge >= 0.3 is 0 Å². The first-order chi connectivity index (χ1) is 10.0. The fourth-order valence-corrected chi connectivity index (χ4v) is 2.34. The third kappa shape index (κ3) is 3.85. The molecule has 0 aliphatic heterocycles. The first-order valence-electron chi connectivity index (χ1n) is 6.82. The van der Waals surface area contributed by atoms with Crippen molar-refractivity contribution in [3.8, 4) is 5.75 Å². The third-order valence-electron chi connectivity index (χ3n) is 3.19. The van der Waals surface area contributed by atoms with E-state index in [9.17, 15) is 4.79 Å². The van der Waals surface area contributed by atoms with Crippen molar-refractivity contribution in [2.24, 2.45) is 0 Å². The van der Waals surface area contributed by atoms with Gasteiger partial charge in [-0.25, -0.2) is 0 Å². The predicted molar refractivity (Wildman–Crippen MR) is 89.2 cm³/mol. The van der Waals surface area contributed by atoms with Gasteiger partial charge in [-0.15, -0.1) is 0 Å². The zero-order valence-electron chi connectivity index (χ0n) is 12.4. The van der Waals surface area contributed by atoms with E-state index in [0.717, 1.165) is 27.0 Å². The van der Waals surface area contributed by atoms with Crippen LogP contribution in [0.4, 0.5) is 5.69 Å². The van der Waals surface area contributed by atoms with Crippen LogP contribution in [0.5, 0.6) is 5.75 Å². The van der Waals surface area contributed by atoms with Gasteiger partial charge in [0.15, 0.2) is 0 Å². The summed E-state index contributed by atoms with van der Waals surface area (Å²) in [5.74, 6) is 0.689. The van der Waals surface area contributed by atoms with Gasteiger partial charge in [-0.3, -0.25) is 4.79 Å². The Morgan fingerprint density at radius 1 is 1.14 bits per heavy atom. The lowest BCUT2D eigenvalue weighted by Crippen LogP contribution is -2.13. The molecule has 4 heteroatoms. The Hall–Kier alpha value is -1.81. The number of aryl methyl sites for hydroxylation is 2. The molecule has 0 unspecified atom stereocenters. The maximum Gasteiger partial charge on any atom is 0.255 e. The molecule has 0 heterocycles.